The molecule has 1 heterocycles. The van der Waals surface area contributed by atoms with Crippen LogP contribution in [0.1, 0.15) is 5.56 Å². The predicted molar refractivity (Wildman–Crippen MR) is 124 cm³/mol. The standard InChI is InChI=1S/C23H21Cl2N5O/c1-29(18-9-3-2-4-10-18)14-15-31-21-13-6-5-8-17(21)16-30-23(26-27-28-30)19-11-7-12-20(24)22(19)25/h2-13H,14-16H2,1H3. The van der Waals surface area contributed by atoms with Crippen LogP contribution in [0.3, 0.4) is 0 Å². The summed E-state index contributed by atoms with van der Waals surface area (Å²) in [5, 5.41) is 13.0. The molecule has 0 spiro atoms. The van der Waals surface area contributed by atoms with Crippen LogP contribution < -0.4 is 9.64 Å². The highest BCUT2D eigenvalue weighted by atomic mass is 35.5. The van der Waals surface area contributed by atoms with Crippen LogP contribution in [0, 0.1) is 0 Å². The summed E-state index contributed by atoms with van der Waals surface area (Å²) < 4.78 is 7.79. The number of halogens is 2. The van der Waals surface area contributed by atoms with E-state index >= 15 is 0 Å². The Morgan fingerprint density at radius 1 is 0.935 bits per heavy atom. The lowest BCUT2D eigenvalue weighted by atomic mass is 10.2. The van der Waals surface area contributed by atoms with Gasteiger partial charge in [-0.25, -0.2) is 4.68 Å². The molecule has 4 aromatic rings. The number of rotatable bonds is 8. The Hall–Kier alpha value is -3.09. The van der Waals surface area contributed by atoms with Gasteiger partial charge in [0.25, 0.3) is 0 Å². The number of nitrogens with zero attached hydrogens (tertiary/aromatic N) is 5. The zero-order valence-electron chi connectivity index (χ0n) is 16.9. The maximum Gasteiger partial charge on any atom is 0.183 e. The second kappa shape index (κ2) is 9.81. The van der Waals surface area contributed by atoms with Gasteiger partial charge in [0.15, 0.2) is 5.82 Å². The SMILES string of the molecule is CN(CCOc1ccccc1Cn1nnnc1-c1cccc(Cl)c1Cl)c1ccccc1. The Balaban J connectivity index is 1.48. The Morgan fingerprint density at radius 2 is 1.71 bits per heavy atom. The fourth-order valence-corrected chi connectivity index (χ4v) is 3.61. The molecule has 158 valence electrons. The molecular formula is C23H21Cl2N5O. The van der Waals surface area contributed by atoms with Crippen LogP contribution in [0.4, 0.5) is 5.69 Å². The molecule has 0 fully saturated rings. The molecule has 31 heavy (non-hydrogen) atoms. The number of aromatic nitrogens is 4. The lowest BCUT2D eigenvalue weighted by Gasteiger charge is -2.20. The number of ether oxygens (including phenoxy) is 1. The van der Waals surface area contributed by atoms with E-state index in [1.807, 2.05) is 61.6 Å². The van der Waals surface area contributed by atoms with E-state index in [2.05, 4.69) is 32.6 Å². The number of benzene rings is 3. The molecule has 0 atom stereocenters. The van der Waals surface area contributed by atoms with Crippen molar-refractivity contribution in [3.05, 3.63) is 88.4 Å². The van der Waals surface area contributed by atoms with E-state index in [4.69, 9.17) is 27.9 Å². The number of tetrazole rings is 1. The van der Waals surface area contributed by atoms with Crippen molar-refractivity contribution in [2.75, 3.05) is 25.1 Å². The molecule has 4 rings (SSSR count). The highest BCUT2D eigenvalue weighted by Gasteiger charge is 2.16. The molecule has 0 bridgehead atoms. The first kappa shape index (κ1) is 21.2. The van der Waals surface area contributed by atoms with Crippen LogP contribution in [0.2, 0.25) is 10.0 Å². The normalized spacial score (nSPS) is 10.8. The molecule has 0 aliphatic rings. The summed E-state index contributed by atoms with van der Waals surface area (Å²) in [4.78, 5) is 2.16. The van der Waals surface area contributed by atoms with Crippen molar-refractivity contribution in [2.24, 2.45) is 0 Å². The molecule has 0 saturated heterocycles. The molecule has 0 N–H and O–H groups in total. The lowest BCUT2D eigenvalue weighted by Crippen LogP contribution is -2.23. The highest BCUT2D eigenvalue weighted by molar-refractivity contribution is 6.43. The summed E-state index contributed by atoms with van der Waals surface area (Å²) in [7, 11) is 2.05. The molecule has 3 aromatic carbocycles. The van der Waals surface area contributed by atoms with E-state index in [-0.39, 0.29) is 0 Å². The van der Waals surface area contributed by atoms with Gasteiger partial charge in [0.05, 0.1) is 23.1 Å². The summed E-state index contributed by atoms with van der Waals surface area (Å²) >= 11 is 12.5. The zero-order valence-corrected chi connectivity index (χ0v) is 18.5. The second-order valence-corrected chi connectivity index (χ2v) is 7.76. The molecule has 0 radical (unpaired) electrons. The number of likely N-dealkylation sites (N-methyl/N-ethyl adjacent to an activating group) is 1. The zero-order chi connectivity index (χ0) is 21.6. The van der Waals surface area contributed by atoms with Crippen molar-refractivity contribution < 1.29 is 4.74 Å². The van der Waals surface area contributed by atoms with Gasteiger partial charge in [-0.1, -0.05) is 65.7 Å². The van der Waals surface area contributed by atoms with E-state index < -0.39 is 0 Å². The van der Waals surface area contributed by atoms with Crippen molar-refractivity contribution in [1.82, 2.24) is 20.2 Å². The smallest absolute Gasteiger partial charge is 0.183 e. The number of para-hydroxylation sites is 2. The van der Waals surface area contributed by atoms with Crippen LogP contribution in [0.25, 0.3) is 11.4 Å². The maximum absolute atomic E-state index is 6.37. The van der Waals surface area contributed by atoms with E-state index in [9.17, 15) is 0 Å². The largest absolute Gasteiger partial charge is 0.491 e. The minimum absolute atomic E-state index is 0.425. The van der Waals surface area contributed by atoms with Crippen LogP contribution in [-0.4, -0.2) is 40.4 Å². The Bertz CT molecular complexity index is 1150. The summed E-state index contributed by atoms with van der Waals surface area (Å²) in [5.41, 5.74) is 2.80. The first-order valence-electron chi connectivity index (χ1n) is 9.81. The van der Waals surface area contributed by atoms with Crippen molar-refractivity contribution in [2.45, 2.75) is 6.54 Å². The van der Waals surface area contributed by atoms with E-state index in [1.54, 1.807) is 10.7 Å². The molecule has 0 amide bonds. The van der Waals surface area contributed by atoms with Crippen LogP contribution in [-0.2, 0) is 6.54 Å². The van der Waals surface area contributed by atoms with E-state index in [1.165, 1.54) is 0 Å². The summed E-state index contributed by atoms with van der Waals surface area (Å²) in [5.74, 6) is 1.34. The van der Waals surface area contributed by atoms with Crippen molar-refractivity contribution >= 4 is 28.9 Å². The molecule has 1 aromatic heterocycles. The monoisotopic (exact) mass is 453 g/mol. The first-order valence-corrected chi connectivity index (χ1v) is 10.6. The molecule has 0 aliphatic carbocycles. The topological polar surface area (TPSA) is 56.1 Å². The molecule has 0 unspecified atom stereocenters. The number of anilines is 1. The minimum atomic E-state index is 0.425. The Morgan fingerprint density at radius 3 is 2.55 bits per heavy atom. The third kappa shape index (κ3) is 4.98. The summed E-state index contributed by atoms with van der Waals surface area (Å²) in [6.45, 7) is 1.74. The Kier molecular flexibility index (Phi) is 6.70. The summed E-state index contributed by atoms with van der Waals surface area (Å²) in [6, 6.07) is 23.5. The lowest BCUT2D eigenvalue weighted by molar-refractivity contribution is 0.321. The van der Waals surface area contributed by atoms with Gasteiger partial charge in [-0.2, -0.15) is 0 Å². The van der Waals surface area contributed by atoms with Gasteiger partial charge in [0.2, 0.25) is 0 Å². The molecule has 0 aliphatic heterocycles. The average molecular weight is 454 g/mol. The van der Waals surface area contributed by atoms with E-state index in [0.717, 1.165) is 23.5 Å². The van der Waals surface area contributed by atoms with Gasteiger partial charge in [-0.15, -0.1) is 5.10 Å². The fourth-order valence-electron chi connectivity index (χ4n) is 3.22. The van der Waals surface area contributed by atoms with Crippen LogP contribution in [0.15, 0.2) is 72.8 Å². The van der Waals surface area contributed by atoms with Gasteiger partial charge >= 0.3 is 0 Å². The van der Waals surface area contributed by atoms with Crippen molar-refractivity contribution in [3.63, 3.8) is 0 Å². The first-order chi connectivity index (χ1) is 15.1. The van der Waals surface area contributed by atoms with Gasteiger partial charge in [-0.3, -0.25) is 0 Å². The fraction of sp³-hybridized carbons (Fsp3) is 0.174. The molecular weight excluding hydrogens is 433 g/mol. The van der Waals surface area contributed by atoms with Crippen molar-refractivity contribution in [3.8, 4) is 17.1 Å². The molecule has 8 heteroatoms. The average Bonchev–Trinajstić information content (AvgIpc) is 3.25. The maximum atomic E-state index is 6.37. The van der Waals surface area contributed by atoms with Crippen molar-refractivity contribution in [1.29, 1.82) is 0 Å². The van der Waals surface area contributed by atoms with Crippen LogP contribution >= 0.6 is 23.2 Å². The molecule has 0 saturated carbocycles. The molecule has 6 nitrogen and oxygen atoms in total. The highest BCUT2D eigenvalue weighted by Crippen LogP contribution is 2.32. The van der Waals surface area contributed by atoms with Gasteiger partial charge in [0.1, 0.15) is 12.4 Å². The predicted octanol–water partition coefficient (Wildman–Crippen LogP) is 5.21. The number of hydrogen-bond donors (Lipinski definition) is 0. The van der Waals surface area contributed by atoms with Gasteiger partial charge in [0, 0.05) is 23.9 Å². The summed E-state index contributed by atoms with van der Waals surface area (Å²) in [6.07, 6.45) is 0. The third-order valence-electron chi connectivity index (χ3n) is 4.90. The van der Waals surface area contributed by atoms with E-state index in [0.29, 0.717) is 34.6 Å². The third-order valence-corrected chi connectivity index (χ3v) is 5.72. The second-order valence-electron chi connectivity index (χ2n) is 6.97. The van der Waals surface area contributed by atoms with Gasteiger partial charge < -0.3 is 9.64 Å². The van der Waals surface area contributed by atoms with Gasteiger partial charge in [-0.05, 0) is 40.8 Å². The quantitative estimate of drug-likeness (QED) is 0.366. The van der Waals surface area contributed by atoms with Crippen LogP contribution in [0.5, 0.6) is 5.75 Å². The Labute approximate surface area is 191 Å². The minimum Gasteiger partial charge on any atom is -0.491 e. The number of hydrogen-bond acceptors (Lipinski definition) is 5.